The minimum atomic E-state index is -0.535. The summed E-state index contributed by atoms with van der Waals surface area (Å²) in [6, 6.07) is 5.35. The van der Waals surface area contributed by atoms with Crippen LogP contribution in [0.1, 0.15) is 30.7 Å². The Bertz CT molecular complexity index is 707. The third-order valence-corrected chi connectivity index (χ3v) is 4.96. The number of benzene rings is 1. The van der Waals surface area contributed by atoms with Crippen LogP contribution in [-0.2, 0) is 23.8 Å². The predicted octanol–water partition coefficient (Wildman–Crippen LogP) is 3.47. The topological polar surface area (TPSA) is 46.9 Å². The molecule has 1 aliphatic rings. The smallest absolute Gasteiger partial charge is 0.231 e. The average molecular weight is 338 g/mol. The summed E-state index contributed by atoms with van der Waals surface area (Å²) < 4.78 is 1.89. The summed E-state index contributed by atoms with van der Waals surface area (Å²) in [6.07, 6.45) is 6.21. The van der Waals surface area contributed by atoms with Crippen LogP contribution >= 0.6 is 23.2 Å². The first kappa shape index (κ1) is 15.4. The Morgan fingerprint density at radius 2 is 2.18 bits per heavy atom. The average Bonchev–Trinajstić information content (AvgIpc) is 2.83. The van der Waals surface area contributed by atoms with Crippen molar-refractivity contribution in [3.63, 3.8) is 0 Å². The molecule has 2 aromatic rings. The summed E-state index contributed by atoms with van der Waals surface area (Å²) in [4.78, 5) is 17.0. The van der Waals surface area contributed by atoms with Crippen molar-refractivity contribution in [3.05, 3.63) is 52.0 Å². The molecule has 1 aliphatic carbocycles. The largest absolute Gasteiger partial charge is 0.348 e. The van der Waals surface area contributed by atoms with Gasteiger partial charge in [-0.25, -0.2) is 4.98 Å². The molecule has 1 fully saturated rings. The number of aromatic nitrogens is 2. The fourth-order valence-electron chi connectivity index (χ4n) is 2.92. The normalized spacial score (nSPS) is 16.1. The van der Waals surface area contributed by atoms with E-state index in [1.54, 1.807) is 18.3 Å². The molecule has 0 spiro atoms. The molecular weight excluding hydrogens is 321 g/mol. The van der Waals surface area contributed by atoms with Gasteiger partial charge in [-0.15, -0.1) is 0 Å². The van der Waals surface area contributed by atoms with Crippen LogP contribution in [-0.4, -0.2) is 15.5 Å². The Morgan fingerprint density at radius 3 is 2.73 bits per heavy atom. The molecule has 1 aromatic carbocycles. The second kappa shape index (κ2) is 5.94. The highest BCUT2D eigenvalue weighted by Crippen LogP contribution is 2.47. The molecule has 1 saturated carbocycles. The number of carbonyl (C=O) groups is 1. The van der Waals surface area contributed by atoms with E-state index in [4.69, 9.17) is 23.2 Å². The van der Waals surface area contributed by atoms with Gasteiger partial charge in [-0.1, -0.05) is 35.7 Å². The molecule has 116 valence electrons. The van der Waals surface area contributed by atoms with E-state index < -0.39 is 5.41 Å². The fraction of sp³-hybridized carbons (Fsp3) is 0.375. The molecule has 1 amide bonds. The van der Waals surface area contributed by atoms with Crippen LogP contribution < -0.4 is 5.32 Å². The van der Waals surface area contributed by atoms with E-state index in [1.807, 2.05) is 23.9 Å². The monoisotopic (exact) mass is 337 g/mol. The van der Waals surface area contributed by atoms with Crippen molar-refractivity contribution in [1.29, 1.82) is 0 Å². The second-order valence-electron chi connectivity index (χ2n) is 5.70. The molecule has 1 aromatic heterocycles. The number of amides is 1. The SMILES string of the molecule is Cn1ccnc1CNC(=O)C1(c2ccc(Cl)cc2Cl)CCC1. The molecule has 1 N–H and O–H groups in total. The summed E-state index contributed by atoms with van der Waals surface area (Å²) in [5.74, 6) is 0.830. The van der Waals surface area contributed by atoms with Gasteiger partial charge in [0.05, 0.1) is 12.0 Å². The lowest BCUT2D eigenvalue weighted by Crippen LogP contribution is -2.49. The van der Waals surface area contributed by atoms with Gasteiger partial charge in [-0.3, -0.25) is 4.79 Å². The molecule has 0 radical (unpaired) electrons. The number of nitrogens with one attached hydrogen (secondary N) is 1. The van der Waals surface area contributed by atoms with Gasteiger partial charge in [0.1, 0.15) is 5.82 Å². The maximum atomic E-state index is 12.8. The van der Waals surface area contributed by atoms with Gasteiger partial charge in [0.15, 0.2) is 0 Å². The van der Waals surface area contributed by atoms with Crippen LogP contribution in [0.4, 0.5) is 0 Å². The molecular formula is C16H17Cl2N3O. The van der Waals surface area contributed by atoms with Crippen molar-refractivity contribution in [2.45, 2.75) is 31.2 Å². The lowest BCUT2D eigenvalue weighted by Gasteiger charge is -2.41. The van der Waals surface area contributed by atoms with Crippen molar-refractivity contribution in [3.8, 4) is 0 Å². The number of nitrogens with zero attached hydrogens (tertiary/aromatic N) is 2. The maximum absolute atomic E-state index is 12.8. The fourth-order valence-corrected chi connectivity index (χ4v) is 3.51. The minimum Gasteiger partial charge on any atom is -0.348 e. The van der Waals surface area contributed by atoms with Crippen molar-refractivity contribution in [2.24, 2.45) is 7.05 Å². The van der Waals surface area contributed by atoms with Gasteiger partial charge in [0.2, 0.25) is 5.91 Å². The number of carbonyl (C=O) groups excluding carboxylic acids is 1. The molecule has 4 nitrogen and oxygen atoms in total. The van der Waals surface area contributed by atoms with Crippen LogP contribution in [0.2, 0.25) is 10.0 Å². The summed E-state index contributed by atoms with van der Waals surface area (Å²) >= 11 is 12.3. The Morgan fingerprint density at radius 1 is 1.41 bits per heavy atom. The van der Waals surface area contributed by atoms with E-state index in [-0.39, 0.29) is 5.91 Å². The third kappa shape index (κ3) is 2.61. The number of rotatable bonds is 4. The lowest BCUT2D eigenvalue weighted by molar-refractivity contribution is -0.130. The summed E-state index contributed by atoms with van der Waals surface area (Å²) in [5.41, 5.74) is 0.328. The zero-order chi connectivity index (χ0) is 15.7. The highest BCUT2D eigenvalue weighted by Gasteiger charge is 2.46. The Balaban J connectivity index is 1.80. The Kier molecular flexibility index (Phi) is 4.15. The van der Waals surface area contributed by atoms with Crippen molar-refractivity contribution < 1.29 is 4.79 Å². The quantitative estimate of drug-likeness (QED) is 0.928. The Labute approximate surface area is 139 Å². The number of imidazole rings is 1. The number of aryl methyl sites for hydroxylation is 1. The first-order valence-corrected chi connectivity index (χ1v) is 7.98. The molecule has 1 heterocycles. The molecule has 0 bridgehead atoms. The van der Waals surface area contributed by atoms with E-state index in [0.717, 1.165) is 30.7 Å². The predicted molar refractivity (Wildman–Crippen MR) is 87.0 cm³/mol. The summed E-state index contributed by atoms with van der Waals surface area (Å²) in [7, 11) is 1.91. The summed E-state index contributed by atoms with van der Waals surface area (Å²) in [5, 5.41) is 4.13. The highest BCUT2D eigenvalue weighted by molar-refractivity contribution is 6.35. The number of hydrogen-bond acceptors (Lipinski definition) is 2. The van der Waals surface area contributed by atoms with Gasteiger partial charge in [0, 0.05) is 29.5 Å². The van der Waals surface area contributed by atoms with Crippen LogP contribution in [0.15, 0.2) is 30.6 Å². The molecule has 0 unspecified atom stereocenters. The third-order valence-electron chi connectivity index (χ3n) is 4.42. The molecule has 0 aliphatic heterocycles. The van der Waals surface area contributed by atoms with Gasteiger partial charge in [0.25, 0.3) is 0 Å². The van der Waals surface area contributed by atoms with Gasteiger partial charge >= 0.3 is 0 Å². The number of halogens is 2. The molecule has 0 saturated heterocycles. The molecule has 3 rings (SSSR count). The van der Waals surface area contributed by atoms with E-state index in [9.17, 15) is 4.79 Å². The standard InChI is InChI=1S/C16H17Cl2N3O/c1-21-8-7-19-14(21)10-20-15(22)16(5-2-6-16)12-4-3-11(17)9-13(12)18/h3-4,7-9H,2,5-6,10H2,1H3,(H,20,22). The maximum Gasteiger partial charge on any atom is 0.231 e. The first-order chi connectivity index (χ1) is 10.5. The van der Waals surface area contributed by atoms with Gasteiger partial charge in [-0.05, 0) is 30.5 Å². The van der Waals surface area contributed by atoms with Crippen LogP contribution in [0.5, 0.6) is 0 Å². The summed E-state index contributed by atoms with van der Waals surface area (Å²) in [6.45, 7) is 0.412. The van der Waals surface area contributed by atoms with Crippen molar-refractivity contribution >= 4 is 29.1 Å². The number of hydrogen-bond donors (Lipinski definition) is 1. The van der Waals surface area contributed by atoms with Crippen molar-refractivity contribution in [2.75, 3.05) is 0 Å². The molecule has 6 heteroatoms. The van der Waals surface area contributed by atoms with Crippen molar-refractivity contribution in [1.82, 2.24) is 14.9 Å². The van der Waals surface area contributed by atoms with E-state index in [1.165, 1.54) is 0 Å². The van der Waals surface area contributed by atoms with E-state index in [0.29, 0.717) is 16.6 Å². The van der Waals surface area contributed by atoms with Crippen LogP contribution in [0, 0.1) is 0 Å². The van der Waals surface area contributed by atoms with Gasteiger partial charge < -0.3 is 9.88 Å². The molecule has 0 atom stereocenters. The van der Waals surface area contributed by atoms with E-state index in [2.05, 4.69) is 10.3 Å². The zero-order valence-corrected chi connectivity index (χ0v) is 13.8. The van der Waals surface area contributed by atoms with Crippen LogP contribution in [0.3, 0.4) is 0 Å². The molecule has 22 heavy (non-hydrogen) atoms. The minimum absolute atomic E-state index is 0.00553. The van der Waals surface area contributed by atoms with Gasteiger partial charge in [-0.2, -0.15) is 0 Å². The Hall–Kier alpha value is -1.52. The zero-order valence-electron chi connectivity index (χ0n) is 12.3. The first-order valence-electron chi connectivity index (χ1n) is 7.23. The van der Waals surface area contributed by atoms with E-state index >= 15 is 0 Å². The highest BCUT2D eigenvalue weighted by atomic mass is 35.5. The lowest BCUT2D eigenvalue weighted by atomic mass is 9.63. The van der Waals surface area contributed by atoms with Crippen LogP contribution in [0.25, 0.3) is 0 Å². The second-order valence-corrected chi connectivity index (χ2v) is 6.54.